The Morgan fingerprint density at radius 1 is 0.903 bits per heavy atom. The molecule has 0 atom stereocenters. The molecule has 0 saturated heterocycles. The van der Waals surface area contributed by atoms with Crippen LogP contribution in [0.1, 0.15) is 16.7 Å². The van der Waals surface area contributed by atoms with Crippen LogP contribution in [0.15, 0.2) is 78.9 Å². The molecule has 0 unspecified atom stereocenters. The summed E-state index contributed by atoms with van der Waals surface area (Å²) in [5.74, 6) is 0.273. The van der Waals surface area contributed by atoms with Crippen LogP contribution in [0.4, 0.5) is 5.69 Å². The molecule has 1 N–H and O–H groups in total. The third kappa shape index (κ3) is 7.24. The number of benzene rings is 3. The summed E-state index contributed by atoms with van der Waals surface area (Å²) in [5.41, 5.74) is 3.54. The Hall–Kier alpha value is -3.16. The van der Waals surface area contributed by atoms with Crippen LogP contribution in [-0.4, -0.2) is 31.4 Å². The molecule has 0 aromatic heterocycles. The zero-order valence-electron chi connectivity index (χ0n) is 17.6. The number of sulfonamides is 1. The first kappa shape index (κ1) is 22.5. The zero-order chi connectivity index (χ0) is 22.3. The number of hydrogen-bond donors (Lipinski definition) is 1. The molecule has 31 heavy (non-hydrogen) atoms. The number of nitrogens with one attached hydrogen (secondary N) is 1. The molecule has 0 fully saturated rings. The fraction of sp³-hybridized carbons (Fsp3) is 0.208. The van der Waals surface area contributed by atoms with E-state index in [1.165, 1.54) is 0 Å². The van der Waals surface area contributed by atoms with E-state index in [-0.39, 0.29) is 13.1 Å². The minimum atomic E-state index is -3.55. The van der Waals surface area contributed by atoms with Crippen molar-refractivity contribution in [1.82, 2.24) is 4.31 Å². The van der Waals surface area contributed by atoms with Crippen LogP contribution in [0.3, 0.4) is 0 Å². The van der Waals surface area contributed by atoms with E-state index in [1.807, 2.05) is 61.5 Å². The average Bonchev–Trinajstić information content (AvgIpc) is 2.74. The first-order chi connectivity index (χ1) is 14.8. The summed E-state index contributed by atoms with van der Waals surface area (Å²) in [4.78, 5) is 12.5. The molecule has 1 amide bonds. The lowest BCUT2D eigenvalue weighted by Gasteiger charge is -2.19. The van der Waals surface area contributed by atoms with Gasteiger partial charge in [-0.15, -0.1) is 0 Å². The van der Waals surface area contributed by atoms with Crippen molar-refractivity contribution >= 4 is 21.6 Å². The van der Waals surface area contributed by atoms with Gasteiger partial charge in [0.2, 0.25) is 15.9 Å². The summed E-state index contributed by atoms with van der Waals surface area (Å²) in [7, 11) is -3.55. The zero-order valence-corrected chi connectivity index (χ0v) is 18.4. The van der Waals surface area contributed by atoms with Gasteiger partial charge in [0.15, 0.2) is 0 Å². The monoisotopic (exact) mass is 438 g/mol. The van der Waals surface area contributed by atoms with Crippen molar-refractivity contribution in [2.75, 3.05) is 18.1 Å². The summed E-state index contributed by atoms with van der Waals surface area (Å²) in [5, 5.41) is 2.74. The Morgan fingerprint density at radius 2 is 1.55 bits per heavy atom. The second kappa shape index (κ2) is 10.2. The quantitative estimate of drug-likeness (QED) is 0.548. The van der Waals surface area contributed by atoms with Gasteiger partial charge in [-0.1, -0.05) is 60.2 Å². The van der Waals surface area contributed by atoms with Crippen LogP contribution in [0, 0.1) is 6.92 Å². The molecule has 0 aliphatic rings. The fourth-order valence-electron chi connectivity index (χ4n) is 2.92. The van der Waals surface area contributed by atoms with Gasteiger partial charge in [-0.05, 0) is 42.3 Å². The van der Waals surface area contributed by atoms with Crippen molar-refractivity contribution in [3.05, 3.63) is 95.6 Å². The number of aryl methyl sites for hydroxylation is 1. The highest BCUT2D eigenvalue weighted by Gasteiger charge is 2.20. The fourth-order valence-corrected chi connectivity index (χ4v) is 3.66. The van der Waals surface area contributed by atoms with E-state index < -0.39 is 15.9 Å². The topological polar surface area (TPSA) is 75.7 Å². The van der Waals surface area contributed by atoms with Gasteiger partial charge >= 0.3 is 0 Å². The number of ether oxygens (including phenoxy) is 1. The highest BCUT2D eigenvalue weighted by atomic mass is 32.2. The number of carbonyl (C=O) groups excluding carboxylic acids is 1. The van der Waals surface area contributed by atoms with Crippen LogP contribution >= 0.6 is 0 Å². The summed E-state index contributed by atoms with van der Waals surface area (Å²) in [6.45, 7) is 2.29. The summed E-state index contributed by atoms with van der Waals surface area (Å²) in [6.07, 6.45) is 1.10. The van der Waals surface area contributed by atoms with E-state index in [1.54, 1.807) is 24.3 Å². The van der Waals surface area contributed by atoms with E-state index in [2.05, 4.69) is 5.32 Å². The van der Waals surface area contributed by atoms with Crippen molar-refractivity contribution in [3.8, 4) is 5.75 Å². The molecular weight excluding hydrogens is 412 g/mol. The highest BCUT2D eigenvalue weighted by molar-refractivity contribution is 7.88. The maximum atomic E-state index is 12.5. The lowest BCUT2D eigenvalue weighted by atomic mass is 10.1. The molecule has 3 aromatic rings. The largest absolute Gasteiger partial charge is 0.489 e. The maximum absolute atomic E-state index is 12.5. The molecule has 0 aliphatic heterocycles. The van der Waals surface area contributed by atoms with Crippen LogP contribution in [0.5, 0.6) is 5.75 Å². The van der Waals surface area contributed by atoms with E-state index in [0.717, 1.165) is 27.3 Å². The van der Waals surface area contributed by atoms with Gasteiger partial charge < -0.3 is 10.1 Å². The van der Waals surface area contributed by atoms with Crippen molar-refractivity contribution in [1.29, 1.82) is 0 Å². The smallest absolute Gasteiger partial charge is 0.239 e. The van der Waals surface area contributed by atoms with Gasteiger partial charge in [-0.25, -0.2) is 8.42 Å². The molecule has 162 valence electrons. The number of rotatable bonds is 9. The Kier molecular flexibility index (Phi) is 7.44. The number of hydrogen-bond acceptors (Lipinski definition) is 4. The molecule has 3 aromatic carbocycles. The van der Waals surface area contributed by atoms with Crippen LogP contribution < -0.4 is 10.1 Å². The van der Waals surface area contributed by atoms with Crippen LogP contribution in [-0.2, 0) is 28.0 Å². The van der Waals surface area contributed by atoms with Gasteiger partial charge in [0.1, 0.15) is 12.4 Å². The first-order valence-electron chi connectivity index (χ1n) is 9.87. The number of anilines is 1. The third-order valence-electron chi connectivity index (χ3n) is 4.65. The van der Waals surface area contributed by atoms with E-state index in [0.29, 0.717) is 18.0 Å². The average molecular weight is 439 g/mol. The molecule has 7 heteroatoms. The Balaban J connectivity index is 1.56. The highest BCUT2D eigenvalue weighted by Crippen LogP contribution is 2.17. The van der Waals surface area contributed by atoms with E-state index in [9.17, 15) is 13.2 Å². The van der Waals surface area contributed by atoms with Gasteiger partial charge in [-0.2, -0.15) is 4.31 Å². The second-order valence-electron chi connectivity index (χ2n) is 7.36. The minimum absolute atomic E-state index is 0.138. The molecule has 0 heterocycles. The predicted octanol–water partition coefficient (Wildman–Crippen LogP) is 3.97. The van der Waals surface area contributed by atoms with Gasteiger partial charge in [0, 0.05) is 12.2 Å². The Bertz CT molecular complexity index is 1100. The van der Waals surface area contributed by atoms with Crippen molar-refractivity contribution in [2.24, 2.45) is 0 Å². The van der Waals surface area contributed by atoms with Gasteiger partial charge in [0.05, 0.1) is 12.8 Å². The van der Waals surface area contributed by atoms with Crippen LogP contribution in [0.2, 0.25) is 0 Å². The normalized spacial score (nSPS) is 11.3. The minimum Gasteiger partial charge on any atom is -0.489 e. The molecule has 0 saturated carbocycles. The molecule has 0 aliphatic carbocycles. The first-order valence-corrected chi connectivity index (χ1v) is 11.7. The summed E-state index contributed by atoms with van der Waals surface area (Å²) >= 11 is 0. The molecule has 0 radical (unpaired) electrons. The molecule has 3 rings (SSSR count). The van der Waals surface area contributed by atoms with E-state index >= 15 is 0 Å². The number of amides is 1. The van der Waals surface area contributed by atoms with Crippen molar-refractivity contribution < 1.29 is 17.9 Å². The number of nitrogens with zero attached hydrogens (tertiary/aromatic N) is 1. The lowest BCUT2D eigenvalue weighted by Crippen LogP contribution is -2.36. The summed E-state index contributed by atoms with van der Waals surface area (Å²) in [6, 6.07) is 24.4. The maximum Gasteiger partial charge on any atom is 0.239 e. The van der Waals surface area contributed by atoms with Crippen LogP contribution in [0.25, 0.3) is 0 Å². The van der Waals surface area contributed by atoms with E-state index in [4.69, 9.17) is 4.74 Å². The summed E-state index contributed by atoms with van der Waals surface area (Å²) < 4.78 is 31.2. The molecule has 6 nitrogen and oxygen atoms in total. The Labute approximate surface area is 183 Å². The third-order valence-corrected chi connectivity index (χ3v) is 5.85. The number of carbonyl (C=O) groups is 1. The molecule has 0 bridgehead atoms. The second-order valence-corrected chi connectivity index (χ2v) is 9.35. The standard InChI is InChI=1S/C24H26N2O4S/c1-19-8-10-20(11-9-19)16-26(31(2,28)29)17-24(27)25-22-12-14-23(15-13-22)30-18-21-6-4-3-5-7-21/h3-15H,16-18H2,1-2H3,(H,25,27). The lowest BCUT2D eigenvalue weighted by molar-refractivity contribution is -0.116. The molecular formula is C24H26N2O4S. The molecule has 0 spiro atoms. The van der Waals surface area contributed by atoms with Gasteiger partial charge in [0.25, 0.3) is 0 Å². The van der Waals surface area contributed by atoms with Crippen molar-refractivity contribution in [2.45, 2.75) is 20.1 Å². The Morgan fingerprint density at radius 3 is 2.16 bits per heavy atom. The SMILES string of the molecule is Cc1ccc(CN(CC(=O)Nc2ccc(OCc3ccccc3)cc2)S(C)(=O)=O)cc1. The van der Waals surface area contributed by atoms with Gasteiger partial charge in [-0.3, -0.25) is 4.79 Å². The van der Waals surface area contributed by atoms with Crippen molar-refractivity contribution in [3.63, 3.8) is 0 Å². The predicted molar refractivity (Wildman–Crippen MR) is 122 cm³/mol.